The molecule has 1 saturated heterocycles. The minimum atomic E-state index is 0.234. The fourth-order valence-corrected chi connectivity index (χ4v) is 1.05. The van der Waals surface area contributed by atoms with Crippen molar-refractivity contribution in [1.29, 1.82) is 0 Å². The van der Waals surface area contributed by atoms with Crippen molar-refractivity contribution < 1.29 is 9.47 Å². The maximum absolute atomic E-state index is 5.37. The Morgan fingerprint density at radius 3 is 3.18 bits per heavy atom. The van der Waals surface area contributed by atoms with Crippen LogP contribution in [0.1, 0.15) is 6.42 Å². The Kier molecular flexibility index (Phi) is 3.33. The van der Waals surface area contributed by atoms with E-state index in [0.717, 1.165) is 6.42 Å². The Morgan fingerprint density at radius 2 is 2.64 bits per heavy atom. The van der Waals surface area contributed by atoms with Crippen LogP contribution in [0.15, 0.2) is 24.3 Å². The van der Waals surface area contributed by atoms with Crippen LogP contribution in [-0.4, -0.2) is 26.4 Å². The fourth-order valence-electron chi connectivity index (χ4n) is 1.05. The number of hydrogen-bond acceptors (Lipinski definition) is 2. The number of methoxy groups -OCH3 is 1. The summed E-state index contributed by atoms with van der Waals surface area (Å²) in [4.78, 5) is 0. The molecule has 1 aliphatic heterocycles. The summed E-state index contributed by atoms with van der Waals surface area (Å²) >= 11 is 0. The summed E-state index contributed by atoms with van der Waals surface area (Å²) in [6, 6.07) is 0. The van der Waals surface area contributed by atoms with Gasteiger partial charge in [0.2, 0.25) is 0 Å². The van der Waals surface area contributed by atoms with Crippen LogP contribution in [0.3, 0.4) is 0 Å². The monoisotopic (exact) mass is 154 g/mol. The highest BCUT2D eigenvalue weighted by molar-refractivity contribution is 5.07. The van der Waals surface area contributed by atoms with Crippen LogP contribution in [-0.2, 0) is 9.47 Å². The third-order valence-corrected chi connectivity index (χ3v) is 1.61. The lowest BCUT2D eigenvalue weighted by Gasteiger charge is -1.99. The highest BCUT2D eigenvalue weighted by Gasteiger charge is 2.14. The molecule has 1 aliphatic rings. The van der Waals surface area contributed by atoms with E-state index in [2.05, 4.69) is 6.58 Å². The molecular weight excluding hydrogens is 140 g/mol. The van der Waals surface area contributed by atoms with Crippen molar-refractivity contribution in [2.75, 3.05) is 20.3 Å². The lowest BCUT2D eigenvalue weighted by Crippen LogP contribution is -1.99. The number of rotatable bonds is 3. The Hall–Kier alpha value is -0.600. The Labute approximate surface area is 67.5 Å². The molecule has 0 aliphatic carbocycles. The first-order chi connectivity index (χ1) is 5.33. The van der Waals surface area contributed by atoms with Crippen molar-refractivity contribution in [3.63, 3.8) is 0 Å². The van der Waals surface area contributed by atoms with Crippen molar-refractivity contribution in [3.8, 4) is 0 Å². The van der Waals surface area contributed by atoms with E-state index in [4.69, 9.17) is 9.47 Å². The van der Waals surface area contributed by atoms with E-state index in [1.165, 1.54) is 5.57 Å². The van der Waals surface area contributed by atoms with Crippen LogP contribution in [0.2, 0.25) is 0 Å². The van der Waals surface area contributed by atoms with Crippen molar-refractivity contribution in [2.45, 2.75) is 12.5 Å². The van der Waals surface area contributed by atoms with E-state index in [1.54, 1.807) is 7.11 Å². The Morgan fingerprint density at radius 1 is 1.82 bits per heavy atom. The van der Waals surface area contributed by atoms with Gasteiger partial charge in [0.15, 0.2) is 0 Å². The zero-order chi connectivity index (χ0) is 8.10. The van der Waals surface area contributed by atoms with Gasteiger partial charge in [-0.15, -0.1) is 0 Å². The van der Waals surface area contributed by atoms with Crippen molar-refractivity contribution in [3.05, 3.63) is 24.3 Å². The molecule has 0 N–H and O–H groups in total. The third-order valence-electron chi connectivity index (χ3n) is 1.61. The normalized spacial score (nSPS) is 25.2. The highest BCUT2D eigenvalue weighted by atomic mass is 16.5. The van der Waals surface area contributed by atoms with E-state index in [0.29, 0.717) is 13.2 Å². The predicted molar refractivity (Wildman–Crippen MR) is 44.5 cm³/mol. The van der Waals surface area contributed by atoms with Gasteiger partial charge in [0.25, 0.3) is 0 Å². The second-order valence-corrected chi connectivity index (χ2v) is 2.69. The van der Waals surface area contributed by atoms with Crippen LogP contribution in [0.25, 0.3) is 0 Å². The maximum Gasteiger partial charge on any atom is 0.0798 e. The molecule has 0 bridgehead atoms. The fraction of sp³-hybridized carbons (Fsp3) is 0.556. The second-order valence-electron chi connectivity index (χ2n) is 2.69. The zero-order valence-electron chi connectivity index (χ0n) is 6.88. The van der Waals surface area contributed by atoms with Crippen LogP contribution in [0.5, 0.6) is 0 Å². The Bertz CT molecular complexity index is 161. The van der Waals surface area contributed by atoms with Gasteiger partial charge in [-0.1, -0.05) is 18.7 Å². The van der Waals surface area contributed by atoms with Gasteiger partial charge >= 0.3 is 0 Å². The predicted octanol–water partition coefficient (Wildman–Crippen LogP) is 1.53. The summed E-state index contributed by atoms with van der Waals surface area (Å²) in [6.07, 6.45) is 5.20. The molecule has 0 aromatic heterocycles. The first-order valence-electron chi connectivity index (χ1n) is 3.77. The zero-order valence-corrected chi connectivity index (χ0v) is 6.88. The first-order valence-corrected chi connectivity index (χ1v) is 3.77. The minimum Gasteiger partial charge on any atom is -0.381 e. The van der Waals surface area contributed by atoms with E-state index in [1.807, 2.05) is 12.2 Å². The van der Waals surface area contributed by atoms with E-state index < -0.39 is 0 Å². The highest BCUT2D eigenvalue weighted by Crippen LogP contribution is 2.17. The number of hydrogen-bond donors (Lipinski definition) is 0. The molecule has 0 spiro atoms. The first kappa shape index (κ1) is 8.50. The SMILES string of the molecule is C=C1CO[C@@H](/C=C/COC)C1. The van der Waals surface area contributed by atoms with Crippen molar-refractivity contribution >= 4 is 0 Å². The lowest BCUT2D eigenvalue weighted by molar-refractivity contribution is 0.148. The number of ether oxygens (including phenoxy) is 2. The maximum atomic E-state index is 5.37. The molecular formula is C9H14O2. The summed E-state index contributed by atoms with van der Waals surface area (Å²) in [5, 5.41) is 0. The van der Waals surface area contributed by atoms with Crippen molar-refractivity contribution in [2.24, 2.45) is 0 Å². The molecule has 1 rings (SSSR count). The minimum absolute atomic E-state index is 0.234. The lowest BCUT2D eigenvalue weighted by atomic mass is 10.2. The second kappa shape index (κ2) is 4.31. The van der Waals surface area contributed by atoms with Gasteiger partial charge in [-0.25, -0.2) is 0 Å². The van der Waals surface area contributed by atoms with Crippen LogP contribution < -0.4 is 0 Å². The quantitative estimate of drug-likeness (QED) is 0.574. The Balaban J connectivity index is 2.22. The summed E-state index contributed by atoms with van der Waals surface area (Å²) in [5.41, 5.74) is 1.18. The molecule has 0 radical (unpaired) electrons. The van der Waals surface area contributed by atoms with Gasteiger partial charge in [-0.2, -0.15) is 0 Å². The molecule has 0 unspecified atom stereocenters. The van der Waals surface area contributed by atoms with Gasteiger partial charge in [-0.3, -0.25) is 0 Å². The molecule has 0 amide bonds. The molecule has 1 atom stereocenters. The molecule has 11 heavy (non-hydrogen) atoms. The molecule has 2 nitrogen and oxygen atoms in total. The van der Waals surface area contributed by atoms with Crippen LogP contribution >= 0.6 is 0 Å². The largest absolute Gasteiger partial charge is 0.381 e. The van der Waals surface area contributed by atoms with Gasteiger partial charge in [0, 0.05) is 13.5 Å². The summed E-state index contributed by atoms with van der Waals surface area (Å²) < 4.78 is 10.2. The molecule has 1 heterocycles. The summed E-state index contributed by atoms with van der Waals surface area (Å²) in [5.74, 6) is 0. The molecule has 0 aromatic carbocycles. The average Bonchev–Trinajstić information content (AvgIpc) is 2.37. The summed E-state index contributed by atoms with van der Waals surface area (Å²) in [6.45, 7) is 5.21. The van der Waals surface area contributed by atoms with E-state index in [9.17, 15) is 0 Å². The molecule has 0 saturated carbocycles. The van der Waals surface area contributed by atoms with E-state index in [-0.39, 0.29) is 6.10 Å². The van der Waals surface area contributed by atoms with Gasteiger partial charge in [0.05, 0.1) is 19.3 Å². The standard InChI is InChI=1S/C9H14O2/c1-8-6-9(11-7-8)4-3-5-10-2/h3-4,9H,1,5-7H2,2H3/b4-3+/t9-/m0/s1. The third kappa shape index (κ3) is 2.87. The van der Waals surface area contributed by atoms with Gasteiger partial charge in [0.1, 0.15) is 0 Å². The van der Waals surface area contributed by atoms with Gasteiger partial charge in [-0.05, 0) is 5.57 Å². The van der Waals surface area contributed by atoms with Crippen molar-refractivity contribution in [1.82, 2.24) is 0 Å². The topological polar surface area (TPSA) is 18.5 Å². The summed E-state index contributed by atoms with van der Waals surface area (Å²) in [7, 11) is 1.68. The molecule has 1 fully saturated rings. The van der Waals surface area contributed by atoms with Crippen LogP contribution in [0, 0.1) is 0 Å². The van der Waals surface area contributed by atoms with Gasteiger partial charge < -0.3 is 9.47 Å². The smallest absolute Gasteiger partial charge is 0.0798 e. The average molecular weight is 154 g/mol. The van der Waals surface area contributed by atoms with E-state index >= 15 is 0 Å². The molecule has 0 aromatic rings. The molecule has 62 valence electrons. The van der Waals surface area contributed by atoms with Crippen LogP contribution in [0.4, 0.5) is 0 Å². The molecule has 2 heteroatoms.